The predicted molar refractivity (Wildman–Crippen MR) is 147 cm³/mol. The van der Waals surface area contributed by atoms with Crippen molar-refractivity contribution < 1.29 is 22.4 Å². The van der Waals surface area contributed by atoms with Crippen molar-refractivity contribution in [2.45, 2.75) is 64.0 Å². The Labute approximate surface area is 226 Å². The van der Waals surface area contributed by atoms with Crippen molar-refractivity contribution in [1.82, 2.24) is 14.5 Å². The molecule has 0 aromatic heterocycles. The lowest BCUT2D eigenvalue weighted by atomic mass is 9.95. The van der Waals surface area contributed by atoms with Gasteiger partial charge in [0.15, 0.2) is 0 Å². The van der Waals surface area contributed by atoms with Crippen LogP contribution in [0.1, 0.15) is 51.0 Å². The molecule has 208 valence electrons. The van der Waals surface area contributed by atoms with Crippen molar-refractivity contribution in [3.63, 3.8) is 0 Å². The maximum Gasteiger partial charge on any atom is 0.304 e. The number of nitrogens with one attached hydrogen (secondary N) is 1. The third-order valence-electron chi connectivity index (χ3n) is 6.96. The van der Waals surface area contributed by atoms with E-state index >= 15 is 0 Å². The SMILES string of the molecule is CC[C@@H](C(=O)NC1CCCCC1)N(CCc1ccccc1)C(=O)CN(c1ccccc1F)S(=O)(=O)N(C)C. The van der Waals surface area contributed by atoms with E-state index in [0.717, 1.165) is 52.3 Å². The Morgan fingerprint density at radius 3 is 2.24 bits per heavy atom. The van der Waals surface area contributed by atoms with E-state index in [1.165, 1.54) is 37.2 Å². The van der Waals surface area contributed by atoms with Crippen LogP contribution in [0.25, 0.3) is 0 Å². The third kappa shape index (κ3) is 7.54. The Kier molecular flexibility index (Phi) is 10.7. The first-order valence-electron chi connectivity index (χ1n) is 13.2. The summed E-state index contributed by atoms with van der Waals surface area (Å²) in [6.45, 7) is 1.41. The van der Waals surface area contributed by atoms with Gasteiger partial charge in [-0.25, -0.2) is 8.70 Å². The molecule has 0 unspecified atom stereocenters. The minimum absolute atomic E-state index is 0.0698. The van der Waals surface area contributed by atoms with Crippen LogP contribution in [0.3, 0.4) is 0 Å². The van der Waals surface area contributed by atoms with Crippen LogP contribution in [0.4, 0.5) is 10.1 Å². The van der Waals surface area contributed by atoms with Gasteiger partial charge in [-0.15, -0.1) is 0 Å². The number of rotatable bonds is 12. The van der Waals surface area contributed by atoms with Gasteiger partial charge in [0.1, 0.15) is 18.4 Å². The maximum atomic E-state index is 14.8. The van der Waals surface area contributed by atoms with Gasteiger partial charge < -0.3 is 10.2 Å². The molecular weight excluding hydrogens is 507 g/mol. The van der Waals surface area contributed by atoms with Gasteiger partial charge in [0, 0.05) is 26.7 Å². The molecule has 0 radical (unpaired) electrons. The molecule has 10 heteroatoms. The van der Waals surface area contributed by atoms with Gasteiger partial charge in [0.05, 0.1) is 5.69 Å². The van der Waals surface area contributed by atoms with E-state index in [2.05, 4.69) is 5.32 Å². The highest BCUT2D eigenvalue weighted by Gasteiger charge is 2.35. The summed E-state index contributed by atoms with van der Waals surface area (Å²) in [4.78, 5) is 28.7. The van der Waals surface area contributed by atoms with Gasteiger partial charge in [0.2, 0.25) is 11.8 Å². The van der Waals surface area contributed by atoms with E-state index in [4.69, 9.17) is 0 Å². The summed E-state index contributed by atoms with van der Waals surface area (Å²) in [5.41, 5.74) is 0.761. The first-order chi connectivity index (χ1) is 18.1. The highest BCUT2D eigenvalue weighted by molar-refractivity contribution is 7.90. The molecule has 1 N–H and O–H groups in total. The molecule has 1 atom stereocenters. The summed E-state index contributed by atoms with van der Waals surface area (Å²) < 4.78 is 42.8. The molecule has 38 heavy (non-hydrogen) atoms. The molecule has 3 rings (SSSR count). The van der Waals surface area contributed by atoms with Crippen molar-refractivity contribution in [2.75, 3.05) is 31.5 Å². The number of hydrogen-bond donors (Lipinski definition) is 1. The quantitative estimate of drug-likeness (QED) is 0.439. The van der Waals surface area contributed by atoms with Crippen molar-refractivity contribution in [3.8, 4) is 0 Å². The first kappa shape index (κ1) is 29.6. The molecule has 0 spiro atoms. The lowest BCUT2D eigenvalue weighted by Crippen LogP contribution is -2.55. The molecule has 0 bridgehead atoms. The highest BCUT2D eigenvalue weighted by Crippen LogP contribution is 2.24. The predicted octanol–water partition coefficient (Wildman–Crippen LogP) is 3.74. The average molecular weight is 547 g/mol. The smallest absolute Gasteiger partial charge is 0.304 e. The largest absolute Gasteiger partial charge is 0.352 e. The molecule has 8 nitrogen and oxygen atoms in total. The third-order valence-corrected chi connectivity index (χ3v) is 8.77. The Bertz CT molecular complexity index is 1170. The maximum absolute atomic E-state index is 14.8. The molecule has 1 fully saturated rings. The standard InChI is InChI=1S/C28H39FN4O4S/c1-4-25(28(35)30-23-15-9-6-10-16-23)32(20-19-22-13-7-5-8-14-22)27(34)21-33(38(36,37)31(2)3)26-18-12-11-17-24(26)29/h5,7-8,11-14,17-18,23,25H,4,6,9-10,15-16,19-21H2,1-3H3,(H,30,35)/t25-/m0/s1. The number of carbonyl (C=O) groups is 2. The fourth-order valence-electron chi connectivity index (χ4n) is 4.80. The van der Waals surface area contributed by atoms with Crippen molar-refractivity contribution in [1.29, 1.82) is 0 Å². The molecule has 0 heterocycles. The minimum Gasteiger partial charge on any atom is -0.352 e. The zero-order chi connectivity index (χ0) is 27.7. The average Bonchev–Trinajstić information content (AvgIpc) is 2.91. The molecular formula is C28H39FN4O4S. The van der Waals surface area contributed by atoms with Crippen molar-refractivity contribution >= 4 is 27.7 Å². The van der Waals surface area contributed by atoms with Crippen LogP contribution in [0.5, 0.6) is 0 Å². The summed E-state index contributed by atoms with van der Waals surface area (Å²) in [5.74, 6) is -1.57. The number of halogens is 1. The van der Waals surface area contributed by atoms with Crippen molar-refractivity contribution in [2.24, 2.45) is 0 Å². The molecule has 0 saturated heterocycles. The summed E-state index contributed by atoms with van der Waals surface area (Å²) in [6, 6.07) is 14.3. The zero-order valence-electron chi connectivity index (χ0n) is 22.5. The van der Waals surface area contributed by atoms with E-state index in [1.807, 2.05) is 37.3 Å². The molecule has 1 aliphatic rings. The normalized spacial score (nSPS) is 15.2. The topological polar surface area (TPSA) is 90.0 Å². The Hall–Kier alpha value is -2.98. The van der Waals surface area contributed by atoms with E-state index < -0.39 is 34.5 Å². The summed E-state index contributed by atoms with van der Waals surface area (Å²) in [7, 11) is -1.55. The molecule has 1 aliphatic carbocycles. The number of amides is 2. The second-order valence-electron chi connectivity index (χ2n) is 9.84. The summed E-state index contributed by atoms with van der Waals surface area (Å²) in [5, 5.41) is 3.11. The lowest BCUT2D eigenvalue weighted by Gasteiger charge is -2.35. The Balaban J connectivity index is 1.91. The molecule has 2 aromatic carbocycles. The van der Waals surface area contributed by atoms with Crippen LogP contribution >= 0.6 is 0 Å². The van der Waals surface area contributed by atoms with E-state index in [9.17, 15) is 22.4 Å². The van der Waals surface area contributed by atoms with Crippen LogP contribution in [0, 0.1) is 5.82 Å². The number of hydrogen-bond acceptors (Lipinski definition) is 4. The fraction of sp³-hybridized carbons (Fsp3) is 0.500. The van der Waals surface area contributed by atoms with Gasteiger partial charge in [0.25, 0.3) is 0 Å². The number of carbonyl (C=O) groups excluding carboxylic acids is 2. The molecule has 1 saturated carbocycles. The monoisotopic (exact) mass is 546 g/mol. The minimum atomic E-state index is -4.21. The van der Waals surface area contributed by atoms with Gasteiger partial charge in [-0.1, -0.05) is 68.7 Å². The molecule has 0 aliphatic heterocycles. The van der Waals surface area contributed by atoms with Crippen LogP contribution in [0.15, 0.2) is 54.6 Å². The second kappa shape index (κ2) is 13.7. The number of anilines is 1. The summed E-state index contributed by atoms with van der Waals surface area (Å²) >= 11 is 0. The van der Waals surface area contributed by atoms with Gasteiger partial charge in [-0.05, 0) is 43.4 Å². The van der Waals surface area contributed by atoms with Gasteiger partial charge in [-0.2, -0.15) is 12.7 Å². The molecule has 2 amide bonds. The van der Waals surface area contributed by atoms with Gasteiger partial charge in [-0.3, -0.25) is 9.59 Å². The van der Waals surface area contributed by atoms with Crippen molar-refractivity contribution in [3.05, 3.63) is 66.0 Å². The van der Waals surface area contributed by atoms with Crippen LogP contribution in [-0.2, 0) is 26.2 Å². The lowest BCUT2D eigenvalue weighted by molar-refractivity contribution is -0.140. The second-order valence-corrected chi connectivity index (χ2v) is 11.9. The molecule has 2 aromatic rings. The van der Waals surface area contributed by atoms with Gasteiger partial charge >= 0.3 is 10.2 Å². The summed E-state index contributed by atoms with van der Waals surface area (Å²) in [6.07, 6.45) is 5.91. The number of benzene rings is 2. The van der Waals surface area contributed by atoms with E-state index in [0.29, 0.717) is 12.8 Å². The number of para-hydroxylation sites is 1. The first-order valence-corrected chi connectivity index (χ1v) is 14.6. The Morgan fingerprint density at radius 2 is 1.63 bits per heavy atom. The highest BCUT2D eigenvalue weighted by atomic mass is 32.2. The van der Waals surface area contributed by atoms with Crippen LogP contribution in [-0.4, -0.2) is 68.7 Å². The van der Waals surface area contributed by atoms with Crippen LogP contribution < -0.4 is 9.62 Å². The van der Waals surface area contributed by atoms with E-state index in [1.54, 1.807) is 0 Å². The fourth-order valence-corrected chi connectivity index (χ4v) is 5.86. The zero-order valence-corrected chi connectivity index (χ0v) is 23.3. The Morgan fingerprint density at radius 1 is 1.00 bits per heavy atom. The van der Waals surface area contributed by atoms with Crippen LogP contribution in [0.2, 0.25) is 0 Å². The number of nitrogens with zero attached hydrogens (tertiary/aromatic N) is 3. The van der Waals surface area contributed by atoms with E-state index in [-0.39, 0.29) is 24.2 Å².